The van der Waals surface area contributed by atoms with E-state index in [-0.39, 0.29) is 28.1 Å². The van der Waals surface area contributed by atoms with Gasteiger partial charge in [-0.25, -0.2) is 0 Å². The summed E-state index contributed by atoms with van der Waals surface area (Å²) in [5, 5.41) is 11.9. The summed E-state index contributed by atoms with van der Waals surface area (Å²) in [4.78, 5) is 13.7. The van der Waals surface area contributed by atoms with E-state index >= 15 is 0 Å². The van der Waals surface area contributed by atoms with Gasteiger partial charge in [-0.05, 0) is 54.1 Å². The average Bonchev–Trinajstić information content (AvgIpc) is 2.75. The molecule has 1 aromatic carbocycles. The molecule has 0 saturated heterocycles. The zero-order valence-corrected chi connectivity index (χ0v) is 25.4. The third-order valence-corrected chi connectivity index (χ3v) is 13.7. The molecule has 1 N–H and O–H groups in total. The highest BCUT2D eigenvalue weighted by atomic mass is 28.4. The van der Waals surface area contributed by atoms with Gasteiger partial charge in [0.1, 0.15) is 22.8 Å². The number of aliphatic hydroxyl groups excluding tert-OH is 1. The number of carbonyl (C=O) groups is 1. The van der Waals surface area contributed by atoms with E-state index in [9.17, 15) is 9.90 Å². The maximum Gasteiger partial charge on any atom is 0.250 e. The van der Waals surface area contributed by atoms with Crippen LogP contribution in [-0.4, -0.2) is 33.4 Å². The van der Waals surface area contributed by atoms with E-state index in [4.69, 9.17) is 13.9 Å². The number of hydrogen-bond donors (Lipinski definition) is 1. The third-order valence-electron chi connectivity index (χ3n) is 9.33. The number of rotatable bonds is 9. The largest absolute Gasteiger partial charge is 0.543 e. The highest BCUT2D eigenvalue weighted by Crippen LogP contribution is 2.65. The Kier molecular flexibility index (Phi) is 7.85. The molecule has 202 valence electrons. The van der Waals surface area contributed by atoms with Crippen molar-refractivity contribution in [3.63, 3.8) is 0 Å². The summed E-state index contributed by atoms with van der Waals surface area (Å²) < 4.78 is 18.5. The highest BCUT2D eigenvalue weighted by Gasteiger charge is 2.56. The van der Waals surface area contributed by atoms with Gasteiger partial charge in [0, 0.05) is 18.4 Å². The number of Topliss-reactive ketones (excluding diaryl/α,β-unsaturated/α-hetero) is 1. The van der Waals surface area contributed by atoms with Crippen LogP contribution in [0.1, 0.15) is 89.8 Å². The van der Waals surface area contributed by atoms with Crippen molar-refractivity contribution in [2.24, 2.45) is 29.1 Å². The summed E-state index contributed by atoms with van der Waals surface area (Å²) in [5.74, 6) is 2.30. The Hall–Kier alpha value is -1.79. The molecule has 36 heavy (non-hydrogen) atoms. The molecule has 0 amide bonds. The number of carbonyl (C=O) groups excluding carboxylic acids is 1. The van der Waals surface area contributed by atoms with E-state index in [1.165, 1.54) is 0 Å². The smallest absolute Gasteiger partial charge is 0.250 e. The van der Waals surface area contributed by atoms with Gasteiger partial charge in [-0.15, -0.1) is 0 Å². The minimum Gasteiger partial charge on any atom is -0.543 e. The Labute approximate surface area is 219 Å². The van der Waals surface area contributed by atoms with E-state index in [1.54, 1.807) is 20.3 Å². The fourth-order valence-corrected chi connectivity index (χ4v) is 6.81. The van der Waals surface area contributed by atoms with Crippen molar-refractivity contribution in [3.05, 3.63) is 29.3 Å². The Morgan fingerprint density at radius 3 is 2.19 bits per heavy atom. The fourth-order valence-electron chi connectivity index (χ4n) is 5.78. The number of methoxy groups -OCH3 is 2. The van der Waals surface area contributed by atoms with Crippen molar-refractivity contribution in [3.8, 4) is 17.2 Å². The minimum absolute atomic E-state index is 0.0434. The molecular weight excluding hydrogens is 468 g/mol. The maximum absolute atomic E-state index is 13.7. The molecule has 3 aliphatic rings. The van der Waals surface area contributed by atoms with Gasteiger partial charge >= 0.3 is 0 Å². The van der Waals surface area contributed by atoms with Gasteiger partial charge in [-0.2, -0.15) is 0 Å². The van der Waals surface area contributed by atoms with Crippen LogP contribution < -0.4 is 13.9 Å². The quantitative estimate of drug-likeness (QED) is 0.208. The van der Waals surface area contributed by atoms with Crippen molar-refractivity contribution >= 4 is 14.1 Å². The van der Waals surface area contributed by atoms with Crippen molar-refractivity contribution in [1.82, 2.24) is 0 Å². The van der Waals surface area contributed by atoms with Crippen molar-refractivity contribution in [1.29, 1.82) is 0 Å². The van der Waals surface area contributed by atoms with Crippen LogP contribution in [-0.2, 0) is 0 Å². The molecule has 6 heteroatoms. The summed E-state index contributed by atoms with van der Waals surface area (Å²) >= 11 is 0. The van der Waals surface area contributed by atoms with E-state index in [0.717, 1.165) is 18.4 Å². The lowest BCUT2D eigenvalue weighted by atomic mass is 9.44. The lowest BCUT2D eigenvalue weighted by Gasteiger charge is -2.60. The van der Waals surface area contributed by atoms with Crippen molar-refractivity contribution < 1.29 is 23.8 Å². The van der Waals surface area contributed by atoms with Gasteiger partial charge < -0.3 is 19.0 Å². The SMILES string of the molecule is C=C1[C@@H]([C@H](O)c2c(OC)cc(OC)c(C(=O)CC(C)C)c2O[Si](C)(C)C(C)(C)C)C[C@H]2C[C@@H]1C2(C)C. The number of aliphatic hydroxyl groups is 1. The van der Waals surface area contributed by atoms with Crippen LogP contribution in [0.3, 0.4) is 0 Å². The number of ether oxygens (including phenoxy) is 2. The van der Waals surface area contributed by atoms with E-state index in [1.807, 2.05) is 13.8 Å². The molecule has 3 fully saturated rings. The number of hydrogen-bond acceptors (Lipinski definition) is 5. The molecule has 1 aromatic rings. The first kappa shape index (κ1) is 28.8. The monoisotopic (exact) mass is 516 g/mol. The molecule has 0 spiro atoms. The lowest BCUT2D eigenvalue weighted by molar-refractivity contribution is -0.0708. The number of ketones is 1. The molecule has 3 saturated carbocycles. The van der Waals surface area contributed by atoms with E-state index in [2.05, 4.69) is 54.3 Å². The molecular formula is C30H48O5Si. The maximum atomic E-state index is 13.7. The molecule has 2 bridgehead atoms. The van der Waals surface area contributed by atoms with Gasteiger partial charge in [0.2, 0.25) is 0 Å². The second kappa shape index (κ2) is 9.83. The van der Waals surface area contributed by atoms with Crippen LogP contribution in [0.25, 0.3) is 0 Å². The van der Waals surface area contributed by atoms with Gasteiger partial charge in [0.15, 0.2) is 5.78 Å². The van der Waals surface area contributed by atoms with Crippen LogP contribution in [0, 0.1) is 29.1 Å². The zero-order chi connectivity index (χ0) is 27.4. The Morgan fingerprint density at radius 1 is 1.17 bits per heavy atom. The van der Waals surface area contributed by atoms with Gasteiger partial charge in [-0.1, -0.05) is 60.6 Å². The Bertz CT molecular complexity index is 1020. The average molecular weight is 517 g/mol. The summed E-state index contributed by atoms with van der Waals surface area (Å²) in [6.45, 7) is 23.9. The summed E-state index contributed by atoms with van der Waals surface area (Å²) in [6.07, 6.45) is 1.49. The number of benzene rings is 1. The van der Waals surface area contributed by atoms with Crippen LogP contribution in [0.5, 0.6) is 17.2 Å². The number of fused-ring (bicyclic) bond motifs is 2. The van der Waals surface area contributed by atoms with Gasteiger partial charge in [0.05, 0.1) is 25.9 Å². The standard InChI is InChI=1S/C30H48O5Si/c1-17(2)13-22(31)25-23(33-9)16-24(34-10)26(28(25)35-36(11,12)29(4,5)6)27(32)20-14-19-15-21(18(20)3)30(19,7)8/h16-17,19-21,27,32H,3,13-15H2,1-2,4-12H3/t19-,20-,21-,27-/m0/s1. The topological polar surface area (TPSA) is 65.0 Å². The summed E-state index contributed by atoms with van der Waals surface area (Å²) in [5.41, 5.74) is 2.29. The van der Waals surface area contributed by atoms with Crippen LogP contribution >= 0.6 is 0 Å². The molecule has 3 aliphatic carbocycles. The molecule has 0 heterocycles. The minimum atomic E-state index is -2.40. The molecule has 4 rings (SSSR count). The first-order valence-corrected chi connectivity index (χ1v) is 16.3. The molecule has 0 aromatic heterocycles. The molecule has 0 unspecified atom stereocenters. The Morgan fingerprint density at radius 2 is 1.75 bits per heavy atom. The third kappa shape index (κ3) is 4.88. The predicted octanol–water partition coefficient (Wildman–Crippen LogP) is 7.59. The predicted molar refractivity (Wildman–Crippen MR) is 149 cm³/mol. The molecule has 0 radical (unpaired) electrons. The van der Waals surface area contributed by atoms with E-state index in [0.29, 0.717) is 46.6 Å². The van der Waals surface area contributed by atoms with Crippen LogP contribution in [0.15, 0.2) is 18.2 Å². The first-order valence-electron chi connectivity index (χ1n) is 13.4. The normalized spacial score (nSPS) is 24.2. The summed E-state index contributed by atoms with van der Waals surface area (Å²) in [6, 6.07) is 1.74. The van der Waals surface area contributed by atoms with Gasteiger partial charge in [0.25, 0.3) is 8.32 Å². The van der Waals surface area contributed by atoms with Crippen LogP contribution in [0.2, 0.25) is 18.1 Å². The fraction of sp³-hybridized carbons (Fsp3) is 0.700. The van der Waals surface area contributed by atoms with E-state index < -0.39 is 14.4 Å². The van der Waals surface area contributed by atoms with Crippen molar-refractivity contribution in [2.75, 3.05) is 14.2 Å². The summed E-state index contributed by atoms with van der Waals surface area (Å²) in [7, 11) is 0.749. The lowest BCUT2D eigenvalue weighted by Crippen LogP contribution is -2.52. The highest BCUT2D eigenvalue weighted by molar-refractivity contribution is 6.74. The second-order valence-electron chi connectivity index (χ2n) is 13.5. The van der Waals surface area contributed by atoms with Gasteiger partial charge in [-0.3, -0.25) is 4.79 Å². The Balaban J connectivity index is 2.24. The first-order chi connectivity index (χ1) is 16.5. The molecule has 5 nitrogen and oxygen atoms in total. The van der Waals surface area contributed by atoms with Crippen molar-refractivity contribution in [2.45, 2.75) is 92.0 Å². The molecule has 0 aliphatic heterocycles. The second-order valence-corrected chi connectivity index (χ2v) is 18.2. The molecule has 4 atom stereocenters. The van der Waals surface area contributed by atoms with Crippen LogP contribution in [0.4, 0.5) is 0 Å². The zero-order valence-electron chi connectivity index (χ0n) is 24.4.